The second-order valence-electron chi connectivity index (χ2n) is 9.91. The maximum atomic E-state index is 5.13. The summed E-state index contributed by atoms with van der Waals surface area (Å²) in [6.45, 7) is 0. The third-order valence-electron chi connectivity index (χ3n) is 7.50. The standard InChI is InChI=1S/C37H27N3/c1-40-25-24-39-37(40)30-22-23-38-36-34(29-20-12-5-13-21-29)32(27-16-8-3-9-17-27)31(26-14-6-2-7-15-26)33(35(30)36)28-18-10-4-11-19-28/h2-25H,1H3. The highest BCUT2D eigenvalue weighted by atomic mass is 15.0. The van der Waals surface area contributed by atoms with E-state index in [1.54, 1.807) is 0 Å². The summed E-state index contributed by atoms with van der Waals surface area (Å²) in [4.78, 5) is 9.92. The van der Waals surface area contributed by atoms with E-state index in [4.69, 9.17) is 9.97 Å². The second kappa shape index (κ2) is 10.1. The van der Waals surface area contributed by atoms with Gasteiger partial charge >= 0.3 is 0 Å². The largest absolute Gasteiger partial charge is 0.334 e. The molecule has 3 nitrogen and oxygen atoms in total. The summed E-state index contributed by atoms with van der Waals surface area (Å²) >= 11 is 0. The zero-order valence-electron chi connectivity index (χ0n) is 22.2. The summed E-state index contributed by atoms with van der Waals surface area (Å²) in [5.41, 5.74) is 11.3. The van der Waals surface area contributed by atoms with Crippen LogP contribution in [0.3, 0.4) is 0 Å². The van der Waals surface area contributed by atoms with Gasteiger partial charge in [0.25, 0.3) is 0 Å². The van der Waals surface area contributed by atoms with Crippen LogP contribution in [0.15, 0.2) is 146 Å². The number of aromatic nitrogens is 3. The Balaban J connectivity index is 1.80. The average Bonchev–Trinajstić information content (AvgIpc) is 3.46. The minimum atomic E-state index is 0.912. The van der Waals surface area contributed by atoms with Crippen molar-refractivity contribution >= 4 is 10.9 Å². The molecule has 0 aliphatic carbocycles. The molecule has 0 saturated carbocycles. The summed E-state index contributed by atoms with van der Waals surface area (Å²) in [6, 6.07) is 44.9. The van der Waals surface area contributed by atoms with Crippen molar-refractivity contribution in [1.82, 2.24) is 14.5 Å². The molecule has 0 aliphatic heterocycles. The van der Waals surface area contributed by atoms with Gasteiger partial charge < -0.3 is 4.57 Å². The van der Waals surface area contributed by atoms with Gasteiger partial charge in [-0.15, -0.1) is 0 Å². The molecule has 3 heteroatoms. The van der Waals surface area contributed by atoms with Crippen molar-refractivity contribution in [3.05, 3.63) is 146 Å². The Morgan fingerprint density at radius 2 is 0.900 bits per heavy atom. The molecule has 0 saturated heterocycles. The van der Waals surface area contributed by atoms with Crippen LogP contribution in [0.5, 0.6) is 0 Å². The molecule has 0 amide bonds. The Morgan fingerprint density at radius 1 is 0.450 bits per heavy atom. The van der Waals surface area contributed by atoms with Crippen LogP contribution in [0.1, 0.15) is 0 Å². The van der Waals surface area contributed by atoms with Crippen molar-refractivity contribution in [3.63, 3.8) is 0 Å². The fourth-order valence-corrected chi connectivity index (χ4v) is 5.78. The lowest BCUT2D eigenvalue weighted by Crippen LogP contribution is -2.01. The molecule has 0 unspecified atom stereocenters. The average molecular weight is 514 g/mol. The molecule has 2 heterocycles. The van der Waals surface area contributed by atoms with Crippen LogP contribution in [0.4, 0.5) is 0 Å². The molecule has 0 radical (unpaired) electrons. The number of rotatable bonds is 5. The predicted molar refractivity (Wildman–Crippen MR) is 166 cm³/mol. The van der Waals surface area contributed by atoms with Gasteiger partial charge in [-0.05, 0) is 33.9 Å². The van der Waals surface area contributed by atoms with E-state index in [2.05, 4.69) is 132 Å². The molecule has 5 aromatic carbocycles. The van der Waals surface area contributed by atoms with Gasteiger partial charge in [0.1, 0.15) is 5.82 Å². The van der Waals surface area contributed by atoms with E-state index in [-0.39, 0.29) is 0 Å². The molecule has 0 aliphatic rings. The van der Waals surface area contributed by atoms with Crippen LogP contribution in [-0.4, -0.2) is 14.5 Å². The van der Waals surface area contributed by atoms with E-state index in [0.29, 0.717) is 0 Å². The Kier molecular flexibility index (Phi) is 6.02. The first-order chi connectivity index (χ1) is 19.8. The number of aryl methyl sites for hydroxylation is 1. The van der Waals surface area contributed by atoms with E-state index in [0.717, 1.165) is 55.7 Å². The number of fused-ring (bicyclic) bond motifs is 1. The van der Waals surface area contributed by atoms with Crippen molar-refractivity contribution in [2.24, 2.45) is 7.05 Å². The van der Waals surface area contributed by atoms with Crippen molar-refractivity contribution in [3.8, 4) is 55.9 Å². The maximum Gasteiger partial charge on any atom is 0.140 e. The van der Waals surface area contributed by atoms with Gasteiger partial charge in [0.2, 0.25) is 0 Å². The van der Waals surface area contributed by atoms with Gasteiger partial charge in [-0.3, -0.25) is 4.98 Å². The SMILES string of the molecule is Cn1ccnc1-c1ccnc2c(-c3ccccc3)c(-c3ccccc3)c(-c3ccccc3)c(-c3ccccc3)c12. The van der Waals surface area contributed by atoms with Crippen molar-refractivity contribution in [2.45, 2.75) is 0 Å². The molecule has 2 aromatic heterocycles. The van der Waals surface area contributed by atoms with Gasteiger partial charge in [0.15, 0.2) is 0 Å². The van der Waals surface area contributed by atoms with E-state index >= 15 is 0 Å². The molecular formula is C37H27N3. The third kappa shape index (κ3) is 4.00. The van der Waals surface area contributed by atoms with Crippen LogP contribution in [0, 0.1) is 0 Å². The summed E-state index contributed by atoms with van der Waals surface area (Å²) in [5.74, 6) is 0.912. The van der Waals surface area contributed by atoms with Crippen LogP contribution in [0.25, 0.3) is 66.8 Å². The van der Waals surface area contributed by atoms with Gasteiger partial charge in [-0.25, -0.2) is 4.98 Å². The molecule has 7 rings (SSSR count). The number of hydrogen-bond acceptors (Lipinski definition) is 2. The molecular weight excluding hydrogens is 486 g/mol. The minimum Gasteiger partial charge on any atom is -0.334 e. The lowest BCUT2D eigenvalue weighted by Gasteiger charge is -2.25. The predicted octanol–water partition coefficient (Wildman–Crippen LogP) is 9.30. The highest BCUT2D eigenvalue weighted by Gasteiger charge is 2.26. The maximum absolute atomic E-state index is 5.13. The van der Waals surface area contributed by atoms with Crippen molar-refractivity contribution < 1.29 is 0 Å². The first kappa shape index (κ1) is 23.8. The van der Waals surface area contributed by atoms with Gasteiger partial charge in [-0.1, -0.05) is 121 Å². The highest BCUT2D eigenvalue weighted by molar-refractivity contribution is 6.20. The van der Waals surface area contributed by atoms with E-state index in [1.807, 2.05) is 25.6 Å². The molecule has 0 N–H and O–H groups in total. The highest BCUT2D eigenvalue weighted by Crippen LogP contribution is 2.51. The molecule has 0 spiro atoms. The smallest absolute Gasteiger partial charge is 0.140 e. The fraction of sp³-hybridized carbons (Fsp3) is 0.0270. The molecule has 0 atom stereocenters. The second-order valence-corrected chi connectivity index (χ2v) is 9.91. The van der Waals surface area contributed by atoms with Crippen LogP contribution in [0.2, 0.25) is 0 Å². The van der Waals surface area contributed by atoms with Gasteiger partial charge in [0, 0.05) is 53.3 Å². The number of benzene rings is 5. The lowest BCUT2D eigenvalue weighted by atomic mass is 9.79. The van der Waals surface area contributed by atoms with E-state index in [1.165, 1.54) is 11.1 Å². The van der Waals surface area contributed by atoms with Crippen LogP contribution in [-0.2, 0) is 7.05 Å². The van der Waals surface area contributed by atoms with Gasteiger partial charge in [0.05, 0.1) is 5.52 Å². The zero-order valence-corrected chi connectivity index (χ0v) is 22.2. The Bertz CT molecular complexity index is 1920. The molecule has 190 valence electrons. The number of imidazole rings is 1. The Labute approximate surface area is 234 Å². The van der Waals surface area contributed by atoms with E-state index < -0.39 is 0 Å². The topological polar surface area (TPSA) is 30.7 Å². The Morgan fingerprint density at radius 3 is 1.38 bits per heavy atom. The normalized spacial score (nSPS) is 11.1. The first-order valence-corrected chi connectivity index (χ1v) is 13.5. The number of pyridine rings is 1. The third-order valence-corrected chi connectivity index (χ3v) is 7.50. The van der Waals surface area contributed by atoms with E-state index in [9.17, 15) is 0 Å². The Hall–Kier alpha value is -5.28. The summed E-state index contributed by atoms with van der Waals surface area (Å²) in [5, 5.41) is 1.10. The monoisotopic (exact) mass is 513 g/mol. The quantitative estimate of drug-likeness (QED) is 0.230. The van der Waals surface area contributed by atoms with Crippen LogP contribution >= 0.6 is 0 Å². The summed E-state index contributed by atoms with van der Waals surface area (Å²) in [7, 11) is 2.05. The molecule has 7 aromatic rings. The zero-order chi connectivity index (χ0) is 26.9. The number of nitrogens with zero attached hydrogens (tertiary/aromatic N) is 3. The minimum absolute atomic E-state index is 0.912. The lowest BCUT2D eigenvalue weighted by molar-refractivity contribution is 0.926. The number of hydrogen-bond donors (Lipinski definition) is 0. The summed E-state index contributed by atoms with van der Waals surface area (Å²) < 4.78 is 2.08. The van der Waals surface area contributed by atoms with Gasteiger partial charge in [-0.2, -0.15) is 0 Å². The molecule has 40 heavy (non-hydrogen) atoms. The summed E-state index contributed by atoms with van der Waals surface area (Å²) in [6.07, 6.45) is 5.78. The molecule has 0 fully saturated rings. The van der Waals surface area contributed by atoms with Crippen LogP contribution < -0.4 is 0 Å². The molecule has 0 bridgehead atoms. The first-order valence-electron chi connectivity index (χ1n) is 13.5. The van der Waals surface area contributed by atoms with Crippen molar-refractivity contribution in [1.29, 1.82) is 0 Å². The fourth-order valence-electron chi connectivity index (χ4n) is 5.78. The van der Waals surface area contributed by atoms with Crippen molar-refractivity contribution in [2.75, 3.05) is 0 Å².